The van der Waals surface area contributed by atoms with Gasteiger partial charge in [-0.3, -0.25) is 0 Å². The van der Waals surface area contributed by atoms with Crippen LogP contribution in [0.15, 0.2) is 22.7 Å². The molecule has 2 rings (SSSR count). The molecule has 1 heterocycles. The molecule has 0 atom stereocenters. The van der Waals surface area contributed by atoms with Crippen LogP contribution in [0.2, 0.25) is 0 Å². The molecule has 0 unspecified atom stereocenters. The summed E-state index contributed by atoms with van der Waals surface area (Å²) < 4.78 is 22.8. The molecule has 0 radical (unpaired) electrons. The Morgan fingerprint density at radius 2 is 2.11 bits per heavy atom. The number of halogens is 1. The molecule has 18 heavy (non-hydrogen) atoms. The van der Waals surface area contributed by atoms with Crippen molar-refractivity contribution in [1.82, 2.24) is 5.16 Å². The molecule has 0 bridgehead atoms. The van der Waals surface area contributed by atoms with E-state index in [1.54, 1.807) is 19.9 Å². The number of benzene rings is 1. The second-order valence-electron chi connectivity index (χ2n) is 3.91. The lowest BCUT2D eigenvalue weighted by Gasteiger charge is -2.04. The van der Waals surface area contributed by atoms with Crippen molar-refractivity contribution in [3.05, 3.63) is 40.9 Å². The first-order chi connectivity index (χ1) is 8.54. The summed E-state index contributed by atoms with van der Waals surface area (Å²) in [7, 11) is 1.29. The number of carbonyl (C=O) groups is 1. The number of aryl methyl sites for hydroxylation is 2. The fourth-order valence-electron chi connectivity index (χ4n) is 1.79. The van der Waals surface area contributed by atoms with Crippen molar-refractivity contribution in [2.75, 3.05) is 7.11 Å². The van der Waals surface area contributed by atoms with E-state index < -0.39 is 5.97 Å². The summed E-state index contributed by atoms with van der Waals surface area (Å²) in [4.78, 5) is 11.7. The van der Waals surface area contributed by atoms with Crippen LogP contribution in [-0.2, 0) is 4.74 Å². The normalized spacial score (nSPS) is 10.4. The number of esters is 1. The fraction of sp³-hybridized carbons (Fsp3) is 0.231. The van der Waals surface area contributed by atoms with Gasteiger partial charge >= 0.3 is 5.97 Å². The predicted octanol–water partition coefficient (Wildman–Crippen LogP) is 2.88. The third-order valence-electron chi connectivity index (χ3n) is 2.70. The third-order valence-corrected chi connectivity index (χ3v) is 2.70. The maximum absolute atomic E-state index is 13.1. The van der Waals surface area contributed by atoms with Gasteiger partial charge in [0.15, 0.2) is 0 Å². The van der Waals surface area contributed by atoms with Crippen LogP contribution in [0.1, 0.15) is 21.7 Å². The third kappa shape index (κ3) is 1.99. The summed E-state index contributed by atoms with van der Waals surface area (Å²) in [5, 5.41) is 3.85. The van der Waals surface area contributed by atoms with E-state index in [0.29, 0.717) is 22.6 Å². The molecule has 2 aromatic rings. The number of hydrogen-bond acceptors (Lipinski definition) is 4. The zero-order valence-corrected chi connectivity index (χ0v) is 10.3. The van der Waals surface area contributed by atoms with Gasteiger partial charge in [0.25, 0.3) is 0 Å². The van der Waals surface area contributed by atoms with Crippen LogP contribution >= 0.6 is 0 Å². The van der Waals surface area contributed by atoms with Gasteiger partial charge in [-0.25, -0.2) is 9.18 Å². The highest BCUT2D eigenvalue weighted by atomic mass is 19.1. The van der Waals surface area contributed by atoms with Crippen molar-refractivity contribution in [2.24, 2.45) is 0 Å². The number of aromatic nitrogens is 1. The smallest absolute Gasteiger partial charge is 0.343 e. The van der Waals surface area contributed by atoms with E-state index in [0.717, 1.165) is 0 Å². The van der Waals surface area contributed by atoms with Crippen LogP contribution in [0.5, 0.6) is 0 Å². The van der Waals surface area contributed by atoms with Crippen molar-refractivity contribution < 1.29 is 18.4 Å². The Labute approximate surface area is 103 Å². The van der Waals surface area contributed by atoms with Crippen molar-refractivity contribution >= 4 is 5.97 Å². The predicted molar refractivity (Wildman–Crippen MR) is 62.7 cm³/mol. The summed E-state index contributed by atoms with van der Waals surface area (Å²) in [6.45, 7) is 3.37. The minimum absolute atomic E-state index is 0.271. The van der Waals surface area contributed by atoms with E-state index in [1.807, 2.05) is 0 Å². The summed E-state index contributed by atoms with van der Waals surface area (Å²) in [6.07, 6.45) is 0. The summed E-state index contributed by atoms with van der Waals surface area (Å²) in [5.41, 5.74) is 1.96. The van der Waals surface area contributed by atoms with Crippen LogP contribution in [0.3, 0.4) is 0 Å². The molecule has 1 aromatic carbocycles. The average molecular weight is 249 g/mol. The Balaban J connectivity index is 2.61. The highest BCUT2D eigenvalue weighted by molar-refractivity contribution is 5.97. The Kier molecular flexibility index (Phi) is 3.14. The molecule has 5 heteroatoms. The molecule has 0 spiro atoms. The van der Waals surface area contributed by atoms with Gasteiger partial charge in [-0.1, -0.05) is 5.16 Å². The van der Waals surface area contributed by atoms with Gasteiger partial charge in [-0.2, -0.15) is 0 Å². The number of hydrogen-bond donors (Lipinski definition) is 0. The minimum Gasteiger partial charge on any atom is -0.465 e. The first kappa shape index (κ1) is 12.3. The molecule has 94 valence electrons. The molecular formula is C13H12FNO3. The van der Waals surface area contributed by atoms with Crippen molar-refractivity contribution in [3.63, 3.8) is 0 Å². The standard InChI is InChI=1S/C13H12FNO3/c1-7-6-9(14)4-5-10(7)12-11(13(16)17-3)8(2)18-15-12/h4-6H,1-3H3. The summed E-state index contributed by atoms with van der Waals surface area (Å²) in [5.74, 6) is -0.482. The zero-order valence-electron chi connectivity index (χ0n) is 10.3. The molecule has 0 fully saturated rings. The van der Waals surface area contributed by atoms with E-state index in [2.05, 4.69) is 9.89 Å². The van der Waals surface area contributed by atoms with Gasteiger partial charge in [0.2, 0.25) is 0 Å². The van der Waals surface area contributed by atoms with Crippen LogP contribution in [0.25, 0.3) is 11.3 Å². The highest BCUT2D eigenvalue weighted by Gasteiger charge is 2.23. The van der Waals surface area contributed by atoms with Gasteiger partial charge in [-0.15, -0.1) is 0 Å². The number of carbonyl (C=O) groups excluding carboxylic acids is 1. The largest absolute Gasteiger partial charge is 0.465 e. The molecule has 0 N–H and O–H groups in total. The lowest BCUT2D eigenvalue weighted by Crippen LogP contribution is -2.04. The van der Waals surface area contributed by atoms with Crippen molar-refractivity contribution in [1.29, 1.82) is 0 Å². The van der Waals surface area contributed by atoms with Crippen LogP contribution < -0.4 is 0 Å². The first-order valence-electron chi connectivity index (χ1n) is 5.35. The van der Waals surface area contributed by atoms with Crippen molar-refractivity contribution in [2.45, 2.75) is 13.8 Å². The van der Waals surface area contributed by atoms with E-state index in [9.17, 15) is 9.18 Å². The van der Waals surface area contributed by atoms with Crippen LogP contribution in [0.4, 0.5) is 4.39 Å². The SMILES string of the molecule is COC(=O)c1c(-c2ccc(F)cc2C)noc1C. The van der Waals surface area contributed by atoms with Gasteiger partial charge < -0.3 is 9.26 Å². The minimum atomic E-state index is -0.521. The topological polar surface area (TPSA) is 52.3 Å². The number of methoxy groups -OCH3 is 1. The van der Waals surface area contributed by atoms with E-state index >= 15 is 0 Å². The first-order valence-corrected chi connectivity index (χ1v) is 5.35. The maximum Gasteiger partial charge on any atom is 0.343 e. The molecule has 1 aromatic heterocycles. The Morgan fingerprint density at radius 3 is 2.72 bits per heavy atom. The molecule has 0 saturated heterocycles. The molecule has 0 aliphatic rings. The van der Waals surface area contributed by atoms with Gasteiger partial charge in [-0.05, 0) is 37.6 Å². The average Bonchev–Trinajstić information content (AvgIpc) is 2.70. The molecule has 0 aliphatic heterocycles. The quantitative estimate of drug-likeness (QED) is 0.768. The zero-order chi connectivity index (χ0) is 13.3. The monoisotopic (exact) mass is 249 g/mol. The fourth-order valence-corrected chi connectivity index (χ4v) is 1.79. The second kappa shape index (κ2) is 4.60. The molecular weight excluding hydrogens is 237 g/mol. The van der Waals surface area contributed by atoms with Crippen molar-refractivity contribution in [3.8, 4) is 11.3 Å². The highest BCUT2D eigenvalue weighted by Crippen LogP contribution is 2.28. The molecule has 0 amide bonds. The Morgan fingerprint density at radius 1 is 1.39 bits per heavy atom. The molecule has 0 saturated carbocycles. The lowest BCUT2D eigenvalue weighted by atomic mass is 10.0. The molecule has 4 nitrogen and oxygen atoms in total. The summed E-state index contributed by atoms with van der Waals surface area (Å²) >= 11 is 0. The van der Waals surface area contributed by atoms with E-state index in [-0.39, 0.29) is 11.4 Å². The van der Waals surface area contributed by atoms with E-state index in [4.69, 9.17) is 4.52 Å². The summed E-state index contributed by atoms with van der Waals surface area (Å²) in [6, 6.07) is 4.25. The van der Waals surface area contributed by atoms with Gasteiger partial charge in [0.1, 0.15) is 22.8 Å². The van der Waals surface area contributed by atoms with Gasteiger partial charge in [0.05, 0.1) is 7.11 Å². The molecule has 0 aliphatic carbocycles. The number of nitrogens with zero attached hydrogens (tertiary/aromatic N) is 1. The van der Waals surface area contributed by atoms with Gasteiger partial charge in [0, 0.05) is 5.56 Å². The van der Waals surface area contributed by atoms with E-state index in [1.165, 1.54) is 19.2 Å². The lowest BCUT2D eigenvalue weighted by molar-refractivity contribution is 0.0599. The van der Waals surface area contributed by atoms with Crippen LogP contribution in [0, 0.1) is 19.7 Å². The second-order valence-corrected chi connectivity index (χ2v) is 3.91. The van der Waals surface area contributed by atoms with Crippen LogP contribution in [-0.4, -0.2) is 18.2 Å². The Bertz CT molecular complexity index is 604. The number of rotatable bonds is 2. The Hall–Kier alpha value is -2.17. The number of ether oxygens (including phenoxy) is 1. The maximum atomic E-state index is 13.1.